The number of aliphatic hydroxyl groups is 2. The van der Waals surface area contributed by atoms with Crippen molar-refractivity contribution in [2.45, 2.75) is 117 Å². The summed E-state index contributed by atoms with van der Waals surface area (Å²) in [6, 6.07) is 0. The topological polar surface area (TPSA) is 40.5 Å². The lowest BCUT2D eigenvalue weighted by molar-refractivity contribution is -0.0600. The summed E-state index contributed by atoms with van der Waals surface area (Å²) in [5.74, 6) is 4.40. The molecule has 0 aromatic heterocycles. The van der Waals surface area contributed by atoms with Gasteiger partial charge in [-0.2, -0.15) is 0 Å². The smallest absolute Gasteiger partial charge is 0.0642 e. The fraction of sp³-hybridized carbons (Fsp3) is 0.929. The van der Waals surface area contributed by atoms with Crippen LogP contribution in [0.15, 0.2) is 11.6 Å². The zero-order chi connectivity index (χ0) is 21.9. The van der Waals surface area contributed by atoms with Crippen LogP contribution in [0.3, 0.4) is 0 Å². The molecule has 4 rings (SSSR count). The minimum absolute atomic E-state index is 0.102. The normalized spacial score (nSPS) is 46.4. The monoisotopic (exact) mass is 416 g/mol. The van der Waals surface area contributed by atoms with Crippen molar-refractivity contribution in [3.63, 3.8) is 0 Å². The van der Waals surface area contributed by atoms with Crippen LogP contribution in [0, 0.1) is 46.3 Å². The van der Waals surface area contributed by atoms with Crippen LogP contribution in [-0.4, -0.2) is 21.9 Å². The Morgan fingerprint density at radius 1 is 1.07 bits per heavy atom. The first-order valence-corrected chi connectivity index (χ1v) is 13.1. The predicted molar refractivity (Wildman–Crippen MR) is 125 cm³/mol. The van der Waals surface area contributed by atoms with E-state index in [2.05, 4.69) is 40.7 Å². The van der Waals surface area contributed by atoms with Crippen molar-refractivity contribution in [2.24, 2.45) is 46.3 Å². The van der Waals surface area contributed by atoms with Gasteiger partial charge in [-0.3, -0.25) is 0 Å². The molecule has 0 aromatic rings. The van der Waals surface area contributed by atoms with Gasteiger partial charge in [-0.05, 0) is 117 Å². The van der Waals surface area contributed by atoms with E-state index < -0.39 is 5.60 Å². The minimum atomic E-state index is -0.532. The van der Waals surface area contributed by atoms with E-state index in [-0.39, 0.29) is 6.10 Å². The van der Waals surface area contributed by atoms with Gasteiger partial charge in [0.15, 0.2) is 0 Å². The molecule has 30 heavy (non-hydrogen) atoms. The summed E-state index contributed by atoms with van der Waals surface area (Å²) in [4.78, 5) is 0. The molecule has 4 aliphatic rings. The van der Waals surface area contributed by atoms with Crippen molar-refractivity contribution in [1.29, 1.82) is 0 Å². The van der Waals surface area contributed by atoms with Gasteiger partial charge in [0.25, 0.3) is 0 Å². The lowest BCUT2D eigenvalue weighted by Gasteiger charge is -2.58. The van der Waals surface area contributed by atoms with Gasteiger partial charge in [-0.1, -0.05) is 46.3 Å². The summed E-state index contributed by atoms with van der Waals surface area (Å²) in [5.41, 5.74) is 1.89. The average Bonchev–Trinajstić information content (AvgIpc) is 3.04. The molecule has 0 unspecified atom stereocenters. The molecule has 0 saturated heterocycles. The van der Waals surface area contributed by atoms with E-state index in [0.29, 0.717) is 22.7 Å². The Kier molecular flexibility index (Phi) is 6.02. The maximum atomic E-state index is 10.8. The molecular formula is C28H48O2. The van der Waals surface area contributed by atoms with Crippen LogP contribution in [0.4, 0.5) is 0 Å². The summed E-state index contributed by atoms with van der Waals surface area (Å²) in [5, 5.41) is 21.0. The molecule has 9 atom stereocenters. The summed E-state index contributed by atoms with van der Waals surface area (Å²) < 4.78 is 0. The molecule has 4 aliphatic carbocycles. The standard InChI is InChI=1S/C28H48O2/c1-18(2)28(6,30)16-11-19(3)23-9-10-24-22-8-7-20-17-21(29)12-14-26(20,4)25(22)13-15-27(23,24)5/h7,18-19,21-25,29-30H,8-17H2,1-6H3/t19-,21-,22-,23+,24-,25-,26-,27+,28+/m0/s1. The van der Waals surface area contributed by atoms with Crippen molar-refractivity contribution in [3.05, 3.63) is 11.6 Å². The first-order chi connectivity index (χ1) is 14.0. The number of hydrogen-bond donors (Lipinski definition) is 2. The van der Waals surface area contributed by atoms with Gasteiger partial charge in [0, 0.05) is 0 Å². The number of fused-ring (bicyclic) bond motifs is 5. The number of rotatable bonds is 5. The molecule has 0 aromatic carbocycles. The summed E-state index contributed by atoms with van der Waals surface area (Å²) in [7, 11) is 0. The van der Waals surface area contributed by atoms with Crippen LogP contribution < -0.4 is 0 Å². The van der Waals surface area contributed by atoms with E-state index in [1.807, 2.05) is 6.92 Å². The quantitative estimate of drug-likeness (QED) is 0.487. The number of aliphatic hydroxyl groups excluding tert-OH is 1. The van der Waals surface area contributed by atoms with Gasteiger partial charge in [-0.15, -0.1) is 0 Å². The van der Waals surface area contributed by atoms with Crippen molar-refractivity contribution < 1.29 is 10.2 Å². The van der Waals surface area contributed by atoms with E-state index in [9.17, 15) is 10.2 Å². The highest BCUT2D eigenvalue weighted by Gasteiger charge is 2.59. The molecule has 3 fully saturated rings. The predicted octanol–water partition coefficient (Wildman–Crippen LogP) is 6.75. The van der Waals surface area contributed by atoms with E-state index in [1.165, 1.54) is 38.5 Å². The van der Waals surface area contributed by atoms with Gasteiger partial charge in [0.1, 0.15) is 0 Å². The van der Waals surface area contributed by atoms with Crippen molar-refractivity contribution in [2.75, 3.05) is 0 Å². The Bertz CT molecular complexity index is 664. The number of allylic oxidation sites excluding steroid dienone is 1. The van der Waals surface area contributed by atoms with E-state index in [0.717, 1.165) is 49.4 Å². The molecule has 3 saturated carbocycles. The second-order valence-electron chi connectivity index (χ2n) is 12.9. The fourth-order valence-electron chi connectivity index (χ4n) is 8.63. The van der Waals surface area contributed by atoms with Crippen LogP contribution in [0.1, 0.15) is 106 Å². The maximum Gasteiger partial charge on any atom is 0.0642 e. The summed E-state index contributed by atoms with van der Waals surface area (Å²) in [6.07, 6.45) is 14.5. The van der Waals surface area contributed by atoms with Gasteiger partial charge < -0.3 is 10.2 Å². The zero-order valence-corrected chi connectivity index (χ0v) is 20.6. The summed E-state index contributed by atoms with van der Waals surface area (Å²) >= 11 is 0. The minimum Gasteiger partial charge on any atom is -0.393 e. The van der Waals surface area contributed by atoms with Crippen molar-refractivity contribution in [1.82, 2.24) is 0 Å². The zero-order valence-electron chi connectivity index (χ0n) is 20.6. The highest BCUT2D eigenvalue weighted by molar-refractivity contribution is 5.25. The van der Waals surface area contributed by atoms with Gasteiger partial charge >= 0.3 is 0 Å². The molecular weight excluding hydrogens is 368 g/mol. The Morgan fingerprint density at radius 2 is 1.80 bits per heavy atom. The summed E-state index contributed by atoms with van der Waals surface area (Å²) in [6.45, 7) is 14.0. The molecule has 2 nitrogen and oxygen atoms in total. The van der Waals surface area contributed by atoms with Crippen molar-refractivity contribution in [3.8, 4) is 0 Å². The van der Waals surface area contributed by atoms with Crippen LogP contribution in [0.25, 0.3) is 0 Å². The van der Waals surface area contributed by atoms with Gasteiger partial charge in [0.2, 0.25) is 0 Å². The van der Waals surface area contributed by atoms with Gasteiger partial charge in [-0.25, -0.2) is 0 Å². The van der Waals surface area contributed by atoms with Crippen molar-refractivity contribution >= 4 is 0 Å². The average molecular weight is 417 g/mol. The van der Waals surface area contributed by atoms with E-state index >= 15 is 0 Å². The lowest BCUT2D eigenvalue weighted by atomic mass is 9.47. The van der Waals surface area contributed by atoms with E-state index in [4.69, 9.17) is 0 Å². The molecule has 0 radical (unpaired) electrons. The molecule has 2 N–H and O–H groups in total. The van der Waals surface area contributed by atoms with Crippen LogP contribution in [0.5, 0.6) is 0 Å². The van der Waals surface area contributed by atoms with E-state index in [1.54, 1.807) is 5.57 Å². The Hall–Kier alpha value is -0.340. The molecule has 0 amide bonds. The first-order valence-electron chi connectivity index (χ1n) is 13.1. The Morgan fingerprint density at radius 3 is 2.50 bits per heavy atom. The molecule has 0 bridgehead atoms. The highest BCUT2D eigenvalue weighted by Crippen LogP contribution is 2.67. The molecule has 0 heterocycles. The fourth-order valence-corrected chi connectivity index (χ4v) is 8.63. The first kappa shape index (κ1) is 22.8. The lowest BCUT2D eigenvalue weighted by Crippen LogP contribution is -2.50. The Labute approximate surface area is 185 Å². The third kappa shape index (κ3) is 3.62. The van der Waals surface area contributed by atoms with Crippen LogP contribution in [0.2, 0.25) is 0 Å². The third-order valence-corrected chi connectivity index (χ3v) is 11.2. The van der Waals surface area contributed by atoms with Crippen LogP contribution >= 0.6 is 0 Å². The number of hydrogen-bond acceptors (Lipinski definition) is 2. The maximum absolute atomic E-state index is 10.8. The second kappa shape index (κ2) is 7.91. The SMILES string of the molecule is CC(C)[C@](C)(O)CC[C@H](C)[C@H]1CC[C@H]2[C@@H]3CC=C4C[C@@H](O)CC[C@]4(C)[C@H]3CC[C@]12C. The molecule has 2 heteroatoms. The molecule has 0 spiro atoms. The largest absolute Gasteiger partial charge is 0.393 e. The molecule has 0 aliphatic heterocycles. The Balaban J connectivity index is 1.49. The highest BCUT2D eigenvalue weighted by atomic mass is 16.3. The molecule has 172 valence electrons. The van der Waals surface area contributed by atoms with Crippen LogP contribution in [-0.2, 0) is 0 Å². The van der Waals surface area contributed by atoms with Gasteiger partial charge in [0.05, 0.1) is 11.7 Å². The third-order valence-electron chi connectivity index (χ3n) is 11.2. The second-order valence-corrected chi connectivity index (χ2v) is 12.9.